The lowest BCUT2D eigenvalue weighted by Crippen LogP contribution is -2.07. The average molecular weight is 293 g/mol. The van der Waals surface area contributed by atoms with Crippen molar-refractivity contribution in [1.82, 2.24) is 9.38 Å². The van der Waals surface area contributed by atoms with Crippen molar-refractivity contribution in [2.24, 2.45) is 0 Å². The molecule has 0 aliphatic heterocycles. The van der Waals surface area contributed by atoms with Crippen LogP contribution < -0.4 is 10.1 Å². The smallest absolute Gasteiger partial charge is 0.248 e. The molecule has 2 aromatic heterocycles. The van der Waals surface area contributed by atoms with E-state index in [1.54, 1.807) is 25.4 Å². The van der Waals surface area contributed by atoms with E-state index in [0.29, 0.717) is 11.4 Å². The molecule has 0 bridgehead atoms. The third-order valence-electron chi connectivity index (χ3n) is 3.19. The monoisotopic (exact) mass is 293 g/mol. The first kappa shape index (κ1) is 13.9. The molecule has 0 spiro atoms. The third kappa shape index (κ3) is 2.98. The van der Waals surface area contributed by atoms with Gasteiger partial charge in [-0.05, 0) is 30.3 Å². The van der Waals surface area contributed by atoms with Crippen LogP contribution in [0.2, 0.25) is 0 Å². The van der Waals surface area contributed by atoms with Gasteiger partial charge in [0.25, 0.3) is 0 Å². The molecule has 3 rings (SSSR count). The number of amides is 1. The summed E-state index contributed by atoms with van der Waals surface area (Å²) in [5.41, 5.74) is 2.37. The Morgan fingerprint density at radius 3 is 3.05 bits per heavy atom. The number of ether oxygens (including phenoxy) is 1. The molecule has 0 aliphatic rings. The molecule has 1 N–H and O–H groups in total. The molecule has 22 heavy (non-hydrogen) atoms. The number of rotatable bonds is 4. The predicted molar refractivity (Wildman–Crippen MR) is 85.8 cm³/mol. The maximum atomic E-state index is 12.0. The summed E-state index contributed by atoms with van der Waals surface area (Å²) < 4.78 is 7.03. The Morgan fingerprint density at radius 1 is 1.27 bits per heavy atom. The van der Waals surface area contributed by atoms with Crippen molar-refractivity contribution in [3.63, 3.8) is 0 Å². The normalized spacial score (nSPS) is 11.0. The van der Waals surface area contributed by atoms with E-state index in [9.17, 15) is 4.79 Å². The van der Waals surface area contributed by atoms with Crippen LogP contribution in [0.4, 0.5) is 5.69 Å². The van der Waals surface area contributed by atoms with Crippen LogP contribution in [-0.2, 0) is 4.79 Å². The van der Waals surface area contributed by atoms with Gasteiger partial charge in [-0.1, -0.05) is 12.1 Å². The van der Waals surface area contributed by atoms with Crippen molar-refractivity contribution >= 4 is 23.3 Å². The number of hydrogen-bond acceptors (Lipinski definition) is 3. The van der Waals surface area contributed by atoms with Crippen LogP contribution in [0.1, 0.15) is 5.69 Å². The van der Waals surface area contributed by atoms with Crippen LogP contribution in [0.25, 0.3) is 11.7 Å². The number of imidazole rings is 1. The van der Waals surface area contributed by atoms with Gasteiger partial charge in [-0.25, -0.2) is 4.98 Å². The highest BCUT2D eigenvalue weighted by atomic mass is 16.5. The number of anilines is 1. The van der Waals surface area contributed by atoms with Crippen LogP contribution in [0.15, 0.2) is 60.9 Å². The number of carbonyl (C=O) groups excluding carboxylic acids is 1. The number of benzene rings is 1. The molecule has 110 valence electrons. The minimum Gasteiger partial charge on any atom is -0.497 e. The lowest BCUT2D eigenvalue weighted by molar-refractivity contribution is -0.111. The summed E-state index contributed by atoms with van der Waals surface area (Å²) in [7, 11) is 1.59. The Bertz CT molecular complexity index is 837. The summed E-state index contributed by atoms with van der Waals surface area (Å²) >= 11 is 0. The molecule has 2 heterocycles. The van der Waals surface area contributed by atoms with Gasteiger partial charge >= 0.3 is 0 Å². The van der Waals surface area contributed by atoms with Crippen molar-refractivity contribution in [2.75, 3.05) is 12.4 Å². The zero-order valence-electron chi connectivity index (χ0n) is 12.1. The largest absolute Gasteiger partial charge is 0.497 e. The molecular formula is C17H15N3O2. The van der Waals surface area contributed by atoms with Gasteiger partial charge in [-0.2, -0.15) is 0 Å². The highest BCUT2D eigenvalue weighted by Gasteiger charge is 2.01. The van der Waals surface area contributed by atoms with Gasteiger partial charge in [-0.3, -0.25) is 4.79 Å². The topological polar surface area (TPSA) is 55.6 Å². The van der Waals surface area contributed by atoms with E-state index in [0.717, 1.165) is 11.3 Å². The number of hydrogen-bond donors (Lipinski definition) is 1. The molecule has 5 nitrogen and oxygen atoms in total. The Morgan fingerprint density at radius 2 is 2.18 bits per heavy atom. The Labute approximate surface area is 127 Å². The number of pyridine rings is 1. The number of carbonyl (C=O) groups is 1. The summed E-state index contributed by atoms with van der Waals surface area (Å²) in [6.45, 7) is 0. The van der Waals surface area contributed by atoms with Crippen molar-refractivity contribution in [3.05, 3.63) is 66.6 Å². The highest BCUT2D eigenvalue weighted by Crippen LogP contribution is 2.16. The fourth-order valence-corrected chi connectivity index (χ4v) is 2.12. The van der Waals surface area contributed by atoms with Gasteiger partial charge in [0.1, 0.15) is 11.4 Å². The molecule has 0 radical (unpaired) electrons. The van der Waals surface area contributed by atoms with Crippen LogP contribution in [0.5, 0.6) is 5.75 Å². The lowest BCUT2D eigenvalue weighted by Gasteiger charge is -2.04. The zero-order valence-corrected chi connectivity index (χ0v) is 12.1. The molecule has 3 aromatic rings. The molecule has 0 aliphatic carbocycles. The molecule has 1 amide bonds. The van der Waals surface area contributed by atoms with Gasteiger partial charge in [0.15, 0.2) is 0 Å². The fraction of sp³-hybridized carbons (Fsp3) is 0.0588. The average Bonchev–Trinajstić information content (AvgIpc) is 2.96. The summed E-state index contributed by atoms with van der Waals surface area (Å²) in [6, 6.07) is 13.0. The first-order valence-electron chi connectivity index (χ1n) is 6.81. The zero-order chi connectivity index (χ0) is 15.4. The molecule has 0 atom stereocenters. The first-order chi connectivity index (χ1) is 10.8. The SMILES string of the molecule is COc1cccc(NC(=O)/C=C/c2cnc3ccccn23)c1. The predicted octanol–water partition coefficient (Wildman–Crippen LogP) is 2.99. The summed E-state index contributed by atoms with van der Waals surface area (Å²) in [6.07, 6.45) is 6.85. The van der Waals surface area contributed by atoms with E-state index in [2.05, 4.69) is 10.3 Å². The quantitative estimate of drug-likeness (QED) is 0.752. The Balaban J connectivity index is 1.73. The minimum absolute atomic E-state index is 0.209. The van der Waals surface area contributed by atoms with Gasteiger partial charge in [-0.15, -0.1) is 0 Å². The molecule has 0 fully saturated rings. The molecule has 0 saturated heterocycles. The van der Waals surface area contributed by atoms with Crippen molar-refractivity contribution in [2.45, 2.75) is 0 Å². The minimum atomic E-state index is -0.209. The summed E-state index contributed by atoms with van der Waals surface area (Å²) in [5, 5.41) is 2.79. The fourth-order valence-electron chi connectivity index (χ4n) is 2.12. The first-order valence-corrected chi connectivity index (χ1v) is 6.81. The van der Waals surface area contributed by atoms with Crippen LogP contribution >= 0.6 is 0 Å². The van der Waals surface area contributed by atoms with E-state index in [1.165, 1.54) is 6.08 Å². The summed E-state index contributed by atoms with van der Waals surface area (Å²) in [4.78, 5) is 16.2. The maximum Gasteiger partial charge on any atom is 0.248 e. The van der Waals surface area contributed by atoms with E-state index in [4.69, 9.17) is 4.74 Å². The van der Waals surface area contributed by atoms with E-state index < -0.39 is 0 Å². The van der Waals surface area contributed by atoms with Gasteiger partial charge in [0, 0.05) is 24.0 Å². The molecule has 0 unspecified atom stereocenters. The second kappa shape index (κ2) is 6.13. The van der Waals surface area contributed by atoms with E-state index in [1.807, 2.05) is 47.0 Å². The van der Waals surface area contributed by atoms with Crippen molar-refractivity contribution < 1.29 is 9.53 Å². The second-order valence-electron chi connectivity index (χ2n) is 4.67. The van der Waals surface area contributed by atoms with Crippen LogP contribution in [-0.4, -0.2) is 22.4 Å². The number of methoxy groups -OCH3 is 1. The highest BCUT2D eigenvalue weighted by molar-refractivity contribution is 6.01. The standard InChI is InChI=1S/C17H15N3O2/c1-22-15-6-4-5-13(11-15)19-17(21)9-8-14-12-18-16-7-2-3-10-20(14)16/h2-12H,1H3,(H,19,21)/b9-8+. The number of nitrogens with one attached hydrogen (secondary N) is 1. The van der Waals surface area contributed by atoms with E-state index >= 15 is 0 Å². The number of nitrogens with zero attached hydrogens (tertiary/aromatic N) is 2. The molecule has 1 aromatic carbocycles. The lowest BCUT2D eigenvalue weighted by atomic mass is 10.3. The number of aromatic nitrogens is 2. The Kier molecular flexibility index (Phi) is 3.87. The maximum absolute atomic E-state index is 12.0. The number of fused-ring (bicyclic) bond motifs is 1. The Hall–Kier alpha value is -3.08. The van der Waals surface area contributed by atoms with Gasteiger partial charge in [0.2, 0.25) is 5.91 Å². The molecule has 0 saturated carbocycles. The van der Waals surface area contributed by atoms with Crippen LogP contribution in [0.3, 0.4) is 0 Å². The van der Waals surface area contributed by atoms with Gasteiger partial charge < -0.3 is 14.5 Å². The van der Waals surface area contributed by atoms with Gasteiger partial charge in [0.05, 0.1) is 19.0 Å². The van der Waals surface area contributed by atoms with Crippen molar-refractivity contribution in [1.29, 1.82) is 0 Å². The molecular weight excluding hydrogens is 278 g/mol. The van der Waals surface area contributed by atoms with Crippen LogP contribution in [0, 0.1) is 0 Å². The second-order valence-corrected chi connectivity index (χ2v) is 4.67. The summed E-state index contributed by atoms with van der Waals surface area (Å²) in [5.74, 6) is 0.489. The van der Waals surface area contributed by atoms with Crippen molar-refractivity contribution in [3.8, 4) is 5.75 Å². The molecule has 5 heteroatoms. The van der Waals surface area contributed by atoms with E-state index in [-0.39, 0.29) is 5.91 Å². The third-order valence-corrected chi connectivity index (χ3v) is 3.19.